The molecule has 108 valence electrons. The number of nitrogens with zero attached hydrogens (tertiary/aromatic N) is 5. The molecule has 0 amide bonds. The third-order valence-electron chi connectivity index (χ3n) is 3.05. The topological polar surface area (TPSA) is 56.1 Å². The molecule has 7 heteroatoms. The SMILES string of the molecule is COc1ccc(C(CCN(C)C)n2ncnn2)cc1Cl. The minimum atomic E-state index is 0.00306. The lowest BCUT2D eigenvalue weighted by Crippen LogP contribution is -2.21. The van der Waals surface area contributed by atoms with E-state index in [-0.39, 0.29) is 6.04 Å². The van der Waals surface area contributed by atoms with Gasteiger partial charge in [-0.2, -0.15) is 4.80 Å². The van der Waals surface area contributed by atoms with E-state index in [1.807, 2.05) is 32.3 Å². The second kappa shape index (κ2) is 6.67. The van der Waals surface area contributed by atoms with E-state index in [0.29, 0.717) is 10.8 Å². The van der Waals surface area contributed by atoms with E-state index >= 15 is 0 Å². The molecular weight excluding hydrogens is 278 g/mol. The highest BCUT2D eigenvalue weighted by Gasteiger charge is 2.17. The molecule has 1 unspecified atom stereocenters. The van der Waals surface area contributed by atoms with Gasteiger partial charge in [0.05, 0.1) is 18.2 Å². The van der Waals surface area contributed by atoms with Crippen LogP contribution in [0.5, 0.6) is 5.75 Å². The Morgan fingerprint density at radius 1 is 1.40 bits per heavy atom. The Morgan fingerprint density at radius 2 is 2.20 bits per heavy atom. The van der Waals surface area contributed by atoms with E-state index in [4.69, 9.17) is 16.3 Å². The standard InChI is InChI=1S/C13H18ClN5O/c1-18(2)7-6-12(19-16-9-15-17-19)10-4-5-13(20-3)11(14)8-10/h4-5,8-9,12H,6-7H2,1-3H3. The predicted molar refractivity (Wildman–Crippen MR) is 77.1 cm³/mol. The molecule has 0 saturated carbocycles. The maximum absolute atomic E-state index is 6.20. The number of tetrazole rings is 1. The van der Waals surface area contributed by atoms with Crippen molar-refractivity contribution in [1.29, 1.82) is 0 Å². The van der Waals surface area contributed by atoms with E-state index in [0.717, 1.165) is 18.5 Å². The monoisotopic (exact) mass is 295 g/mol. The number of hydrogen-bond donors (Lipinski definition) is 0. The first-order chi connectivity index (χ1) is 9.61. The van der Waals surface area contributed by atoms with E-state index < -0.39 is 0 Å². The lowest BCUT2D eigenvalue weighted by atomic mass is 10.0. The molecular formula is C13H18ClN5O. The van der Waals surface area contributed by atoms with Crippen molar-refractivity contribution >= 4 is 11.6 Å². The highest BCUT2D eigenvalue weighted by atomic mass is 35.5. The number of halogens is 1. The van der Waals surface area contributed by atoms with Crippen molar-refractivity contribution in [2.45, 2.75) is 12.5 Å². The summed E-state index contributed by atoms with van der Waals surface area (Å²) >= 11 is 6.20. The van der Waals surface area contributed by atoms with Gasteiger partial charge in [-0.15, -0.1) is 10.2 Å². The average Bonchev–Trinajstić information content (AvgIpc) is 2.93. The van der Waals surface area contributed by atoms with Gasteiger partial charge in [-0.1, -0.05) is 17.7 Å². The summed E-state index contributed by atoms with van der Waals surface area (Å²) in [5.74, 6) is 0.660. The molecule has 1 heterocycles. The van der Waals surface area contributed by atoms with Gasteiger partial charge in [-0.05, 0) is 50.0 Å². The van der Waals surface area contributed by atoms with Gasteiger partial charge in [0.1, 0.15) is 5.75 Å². The van der Waals surface area contributed by atoms with Gasteiger partial charge in [-0.25, -0.2) is 0 Å². The van der Waals surface area contributed by atoms with Gasteiger partial charge in [0.25, 0.3) is 0 Å². The first kappa shape index (κ1) is 14.7. The Labute approximate surface area is 123 Å². The summed E-state index contributed by atoms with van der Waals surface area (Å²) in [5, 5.41) is 12.5. The van der Waals surface area contributed by atoms with Gasteiger partial charge in [0.15, 0.2) is 6.33 Å². The Morgan fingerprint density at radius 3 is 2.75 bits per heavy atom. The van der Waals surface area contributed by atoms with Crippen molar-refractivity contribution in [3.8, 4) is 5.75 Å². The van der Waals surface area contributed by atoms with E-state index in [1.165, 1.54) is 6.33 Å². The molecule has 1 aromatic carbocycles. The zero-order chi connectivity index (χ0) is 14.5. The van der Waals surface area contributed by atoms with Crippen LogP contribution in [0, 0.1) is 0 Å². The van der Waals surface area contributed by atoms with Crippen LogP contribution in [0.15, 0.2) is 24.5 Å². The van der Waals surface area contributed by atoms with Crippen LogP contribution in [-0.4, -0.2) is 52.9 Å². The Bertz CT molecular complexity index is 544. The number of benzene rings is 1. The molecule has 0 N–H and O–H groups in total. The molecule has 0 aliphatic carbocycles. The molecule has 0 aliphatic rings. The molecule has 0 fully saturated rings. The number of methoxy groups -OCH3 is 1. The molecule has 20 heavy (non-hydrogen) atoms. The van der Waals surface area contributed by atoms with E-state index in [2.05, 4.69) is 20.3 Å². The van der Waals surface area contributed by atoms with E-state index in [1.54, 1.807) is 11.9 Å². The van der Waals surface area contributed by atoms with Gasteiger partial charge < -0.3 is 9.64 Å². The first-order valence-electron chi connectivity index (χ1n) is 6.32. The fraction of sp³-hybridized carbons (Fsp3) is 0.462. The summed E-state index contributed by atoms with van der Waals surface area (Å²) in [7, 11) is 5.67. The first-order valence-corrected chi connectivity index (χ1v) is 6.70. The molecule has 0 radical (unpaired) electrons. The molecule has 2 aromatic rings. The van der Waals surface area contributed by atoms with E-state index in [9.17, 15) is 0 Å². The largest absolute Gasteiger partial charge is 0.495 e. The van der Waals surface area contributed by atoms with Crippen LogP contribution in [0.1, 0.15) is 18.0 Å². The summed E-state index contributed by atoms with van der Waals surface area (Å²) in [6, 6.07) is 5.73. The third kappa shape index (κ3) is 3.46. The highest BCUT2D eigenvalue weighted by molar-refractivity contribution is 6.32. The third-order valence-corrected chi connectivity index (χ3v) is 3.35. The summed E-state index contributed by atoms with van der Waals surface area (Å²) in [6.45, 7) is 0.913. The summed E-state index contributed by atoms with van der Waals surface area (Å²) in [5.41, 5.74) is 1.04. The Kier molecular flexibility index (Phi) is 4.92. The number of hydrogen-bond acceptors (Lipinski definition) is 5. The number of rotatable bonds is 6. The average molecular weight is 296 g/mol. The normalized spacial score (nSPS) is 12.7. The minimum absolute atomic E-state index is 0.00306. The lowest BCUT2D eigenvalue weighted by Gasteiger charge is -2.19. The van der Waals surface area contributed by atoms with Gasteiger partial charge >= 0.3 is 0 Å². The van der Waals surface area contributed by atoms with Crippen molar-refractivity contribution in [2.24, 2.45) is 0 Å². The number of ether oxygens (including phenoxy) is 1. The van der Waals surface area contributed by atoms with Crippen molar-refractivity contribution in [1.82, 2.24) is 25.1 Å². The Hall–Kier alpha value is -1.66. The minimum Gasteiger partial charge on any atom is -0.495 e. The zero-order valence-corrected chi connectivity index (χ0v) is 12.6. The van der Waals surface area contributed by atoms with Crippen LogP contribution in [0.2, 0.25) is 5.02 Å². The lowest BCUT2D eigenvalue weighted by molar-refractivity contribution is 0.339. The summed E-state index contributed by atoms with van der Waals surface area (Å²) < 4.78 is 5.18. The maximum atomic E-state index is 6.20. The predicted octanol–water partition coefficient (Wildman–Crippen LogP) is 1.88. The van der Waals surface area contributed by atoms with Crippen molar-refractivity contribution < 1.29 is 4.74 Å². The molecule has 0 bridgehead atoms. The quantitative estimate of drug-likeness (QED) is 0.814. The molecule has 0 saturated heterocycles. The van der Waals surface area contributed by atoms with Crippen LogP contribution < -0.4 is 4.74 Å². The maximum Gasteiger partial charge on any atom is 0.162 e. The fourth-order valence-corrected chi connectivity index (χ4v) is 2.27. The Balaban J connectivity index is 2.28. The zero-order valence-electron chi connectivity index (χ0n) is 11.8. The van der Waals surface area contributed by atoms with Gasteiger partial charge in [0, 0.05) is 0 Å². The van der Waals surface area contributed by atoms with Crippen LogP contribution in [0.3, 0.4) is 0 Å². The van der Waals surface area contributed by atoms with Crippen LogP contribution in [-0.2, 0) is 0 Å². The second-order valence-corrected chi connectivity index (χ2v) is 5.17. The van der Waals surface area contributed by atoms with Crippen molar-refractivity contribution in [2.75, 3.05) is 27.7 Å². The second-order valence-electron chi connectivity index (χ2n) is 4.76. The molecule has 0 aliphatic heterocycles. The van der Waals surface area contributed by atoms with Crippen LogP contribution in [0.25, 0.3) is 0 Å². The van der Waals surface area contributed by atoms with Crippen LogP contribution in [0.4, 0.5) is 0 Å². The molecule has 0 spiro atoms. The molecule has 1 atom stereocenters. The fourth-order valence-electron chi connectivity index (χ4n) is 2.00. The van der Waals surface area contributed by atoms with Crippen LogP contribution >= 0.6 is 11.6 Å². The highest BCUT2D eigenvalue weighted by Crippen LogP contribution is 2.29. The molecule has 2 rings (SSSR count). The molecule has 6 nitrogen and oxygen atoms in total. The van der Waals surface area contributed by atoms with Gasteiger partial charge in [-0.3, -0.25) is 0 Å². The molecule has 1 aromatic heterocycles. The smallest absolute Gasteiger partial charge is 0.162 e. The number of aromatic nitrogens is 4. The summed E-state index contributed by atoms with van der Waals surface area (Å²) in [4.78, 5) is 3.73. The van der Waals surface area contributed by atoms with Crippen molar-refractivity contribution in [3.63, 3.8) is 0 Å². The van der Waals surface area contributed by atoms with Gasteiger partial charge in [0.2, 0.25) is 0 Å². The summed E-state index contributed by atoms with van der Waals surface area (Å²) in [6.07, 6.45) is 2.31. The van der Waals surface area contributed by atoms with Crippen molar-refractivity contribution in [3.05, 3.63) is 35.1 Å².